The maximum Gasteiger partial charge on any atom is 0.270 e. The van der Waals surface area contributed by atoms with Crippen LogP contribution in [0.15, 0.2) is 54.6 Å². The van der Waals surface area contributed by atoms with Crippen LogP contribution in [0.1, 0.15) is 43.9 Å². The normalized spacial score (nSPS) is 17.9. The minimum absolute atomic E-state index is 0.00381. The van der Waals surface area contributed by atoms with Crippen LogP contribution < -0.4 is 10.2 Å². The number of nitrogens with zero attached hydrogens (tertiary/aromatic N) is 2. The van der Waals surface area contributed by atoms with Crippen LogP contribution >= 0.6 is 0 Å². The molecule has 1 aliphatic heterocycles. The van der Waals surface area contributed by atoms with Gasteiger partial charge in [-0.05, 0) is 55.0 Å². The van der Waals surface area contributed by atoms with Crippen LogP contribution in [0.3, 0.4) is 0 Å². The van der Waals surface area contributed by atoms with E-state index in [1.165, 1.54) is 36.7 Å². The lowest BCUT2D eigenvalue weighted by atomic mass is 9.99. The van der Waals surface area contributed by atoms with Gasteiger partial charge in [0.15, 0.2) is 0 Å². The molecule has 6 heteroatoms. The van der Waals surface area contributed by atoms with Crippen molar-refractivity contribution in [1.82, 2.24) is 5.32 Å². The summed E-state index contributed by atoms with van der Waals surface area (Å²) in [6.07, 6.45) is 5.50. The Labute approximate surface area is 171 Å². The van der Waals surface area contributed by atoms with Crippen molar-refractivity contribution in [2.75, 3.05) is 18.0 Å². The van der Waals surface area contributed by atoms with E-state index >= 15 is 0 Å². The van der Waals surface area contributed by atoms with Crippen LogP contribution in [0.25, 0.3) is 6.08 Å². The van der Waals surface area contributed by atoms with Gasteiger partial charge in [-0.15, -0.1) is 0 Å². The Kier molecular flexibility index (Phi) is 6.65. The Morgan fingerprint density at radius 2 is 2.03 bits per heavy atom. The number of nitro benzene ring substituents is 1. The molecule has 1 fully saturated rings. The minimum Gasteiger partial charge on any atom is -0.371 e. The lowest BCUT2D eigenvalue weighted by molar-refractivity contribution is -0.384. The molecule has 29 heavy (non-hydrogen) atoms. The standard InChI is InChI=1S/C23H27N3O3/c1-17-5-4-14-25(16-17)21-11-9-20(10-12-21)18(2)24-23(27)13-8-19-6-3-7-22(15-19)26(28)29/h3,6-13,15,17-18H,4-5,14,16H2,1-2H3,(H,24,27)/b13-8+. The quantitative estimate of drug-likeness (QED) is 0.438. The Bertz CT molecular complexity index is 892. The van der Waals surface area contributed by atoms with Crippen LogP contribution in [0.4, 0.5) is 11.4 Å². The molecule has 152 valence electrons. The Balaban J connectivity index is 1.58. The number of nitro groups is 1. The van der Waals surface area contributed by atoms with Crippen molar-refractivity contribution in [2.45, 2.75) is 32.7 Å². The van der Waals surface area contributed by atoms with Crippen molar-refractivity contribution in [1.29, 1.82) is 0 Å². The number of hydrogen-bond donors (Lipinski definition) is 1. The van der Waals surface area contributed by atoms with Crippen molar-refractivity contribution >= 4 is 23.4 Å². The Morgan fingerprint density at radius 3 is 2.72 bits per heavy atom. The summed E-state index contributed by atoms with van der Waals surface area (Å²) in [6, 6.07) is 14.4. The molecule has 1 heterocycles. The molecular weight excluding hydrogens is 366 g/mol. The average molecular weight is 393 g/mol. The molecule has 0 spiro atoms. The zero-order valence-corrected chi connectivity index (χ0v) is 16.9. The Morgan fingerprint density at radius 1 is 1.28 bits per heavy atom. The fraction of sp³-hybridized carbons (Fsp3) is 0.348. The molecule has 1 amide bonds. The second-order valence-electron chi connectivity index (χ2n) is 7.70. The number of non-ortho nitro benzene ring substituents is 1. The van der Waals surface area contributed by atoms with Crippen LogP contribution in [-0.2, 0) is 4.79 Å². The molecule has 1 aliphatic rings. The predicted molar refractivity (Wildman–Crippen MR) is 116 cm³/mol. The molecule has 1 saturated heterocycles. The molecule has 2 aromatic carbocycles. The summed E-state index contributed by atoms with van der Waals surface area (Å²) in [6.45, 7) is 6.42. The molecule has 6 nitrogen and oxygen atoms in total. The van der Waals surface area contributed by atoms with Crippen LogP contribution in [0.5, 0.6) is 0 Å². The second-order valence-corrected chi connectivity index (χ2v) is 7.70. The van der Waals surface area contributed by atoms with E-state index < -0.39 is 4.92 Å². The first-order chi connectivity index (χ1) is 13.9. The summed E-state index contributed by atoms with van der Waals surface area (Å²) in [5, 5.41) is 13.8. The van der Waals surface area contributed by atoms with Gasteiger partial charge in [0.25, 0.3) is 5.69 Å². The number of piperidine rings is 1. The molecule has 0 aromatic heterocycles. The highest BCUT2D eigenvalue weighted by Crippen LogP contribution is 2.24. The molecule has 0 saturated carbocycles. The zero-order valence-electron chi connectivity index (χ0n) is 16.9. The van der Waals surface area contributed by atoms with Crippen molar-refractivity contribution in [3.63, 3.8) is 0 Å². The van der Waals surface area contributed by atoms with Gasteiger partial charge in [0.1, 0.15) is 0 Å². The van der Waals surface area contributed by atoms with Gasteiger partial charge in [0, 0.05) is 37.0 Å². The van der Waals surface area contributed by atoms with Crippen LogP contribution in [-0.4, -0.2) is 23.9 Å². The van der Waals surface area contributed by atoms with Gasteiger partial charge >= 0.3 is 0 Å². The third-order valence-electron chi connectivity index (χ3n) is 5.28. The van der Waals surface area contributed by atoms with E-state index in [0.29, 0.717) is 5.56 Å². The molecule has 2 atom stereocenters. The van der Waals surface area contributed by atoms with Gasteiger partial charge in [-0.2, -0.15) is 0 Å². The topological polar surface area (TPSA) is 75.5 Å². The van der Waals surface area contributed by atoms with E-state index in [1.54, 1.807) is 18.2 Å². The smallest absolute Gasteiger partial charge is 0.270 e. The minimum atomic E-state index is -0.451. The van der Waals surface area contributed by atoms with E-state index in [0.717, 1.165) is 24.6 Å². The first kappa shape index (κ1) is 20.6. The highest BCUT2D eigenvalue weighted by molar-refractivity contribution is 5.92. The number of anilines is 1. The van der Waals surface area contributed by atoms with Crippen molar-refractivity contribution in [3.05, 3.63) is 75.8 Å². The third-order valence-corrected chi connectivity index (χ3v) is 5.28. The SMILES string of the molecule is CC1CCCN(c2ccc(C(C)NC(=O)/C=C/c3cccc([N+](=O)[O-])c3)cc2)C1. The van der Waals surface area contributed by atoms with Gasteiger partial charge < -0.3 is 10.2 Å². The highest BCUT2D eigenvalue weighted by Gasteiger charge is 2.17. The van der Waals surface area contributed by atoms with Gasteiger partial charge in [-0.3, -0.25) is 14.9 Å². The van der Waals surface area contributed by atoms with E-state index in [-0.39, 0.29) is 17.6 Å². The molecule has 3 rings (SSSR count). The van der Waals surface area contributed by atoms with Crippen LogP contribution in [0.2, 0.25) is 0 Å². The Hall–Kier alpha value is -3.15. The molecule has 2 aromatic rings. The fourth-order valence-corrected chi connectivity index (χ4v) is 3.66. The summed E-state index contributed by atoms with van der Waals surface area (Å²) in [5.41, 5.74) is 2.88. The van der Waals surface area contributed by atoms with Crippen LogP contribution in [0, 0.1) is 16.0 Å². The molecular formula is C23H27N3O3. The van der Waals surface area contributed by atoms with Gasteiger partial charge in [0.05, 0.1) is 11.0 Å². The number of rotatable bonds is 6. The van der Waals surface area contributed by atoms with Crippen molar-refractivity contribution in [2.24, 2.45) is 5.92 Å². The second kappa shape index (κ2) is 9.37. The maximum atomic E-state index is 12.2. The molecule has 2 unspecified atom stereocenters. The monoisotopic (exact) mass is 393 g/mol. The number of carbonyl (C=O) groups is 1. The number of nitrogens with one attached hydrogen (secondary N) is 1. The summed E-state index contributed by atoms with van der Waals surface area (Å²) >= 11 is 0. The lowest BCUT2D eigenvalue weighted by Gasteiger charge is -2.33. The third kappa shape index (κ3) is 5.67. The maximum absolute atomic E-state index is 12.2. The van der Waals surface area contributed by atoms with E-state index in [2.05, 4.69) is 41.4 Å². The first-order valence-corrected chi connectivity index (χ1v) is 10.0. The van der Waals surface area contributed by atoms with E-state index in [9.17, 15) is 14.9 Å². The molecule has 0 aliphatic carbocycles. The molecule has 0 radical (unpaired) electrons. The van der Waals surface area contributed by atoms with E-state index in [4.69, 9.17) is 0 Å². The lowest BCUT2D eigenvalue weighted by Crippen LogP contribution is -2.34. The van der Waals surface area contributed by atoms with Gasteiger partial charge in [0.2, 0.25) is 5.91 Å². The number of benzene rings is 2. The summed E-state index contributed by atoms with van der Waals surface area (Å²) in [7, 11) is 0. The zero-order chi connectivity index (χ0) is 20.8. The molecule has 1 N–H and O–H groups in total. The molecule has 0 bridgehead atoms. The largest absolute Gasteiger partial charge is 0.371 e. The highest BCUT2D eigenvalue weighted by atomic mass is 16.6. The van der Waals surface area contributed by atoms with E-state index in [1.807, 2.05) is 6.92 Å². The van der Waals surface area contributed by atoms with Gasteiger partial charge in [-0.25, -0.2) is 0 Å². The number of carbonyl (C=O) groups excluding carboxylic acids is 1. The summed E-state index contributed by atoms with van der Waals surface area (Å²) < 4.78 is 0. The number of amides is 1. The fourth-order valence-electron chi connectivity index (χ4n) is 3.66. The predicted octanol–water partition coefficient (Wildman–Crippen LogP) is 4.72. The van der Waals surface area contributed by atoms with Gasteiger partial charge in [-0.1, -0.05) is 31.2 Å². The average Bonchev–Trinajstić information content (AvgIpc) is 2.72. The number of hydrogen-bond acceptors (Lipinski definition) is 4. The first-order valence-electron chi connectivity index (χ1n) is 10.0. The summed E-state index contributed by atoms with van der Waals surface area (Å²) in [5.74, 6) is 0.484. The summed E-state index contributed by atoms with van der Waals surface area (Å²) in [4.78, 5) is 25.0. The van der Waals surface area contributed by atoms with Crippen molar-refractivity contribution in [3.8, 4) is 0 Å². The van der Waals surface area contributed by atoms with Crippen molar-refractivity contribution < 1.29 is 9.72 Å².